The van der Waals surface area contributed by atoms with E-state index in [0.717, 1.165) is 18.5 Å². The Morgan fingerprint density at radius 1 is 1.40 bits per heavy atom. The first-order valence-electron chi connectivity index (χ1n) is 5.27. The van der Waals surface area contributed by atoms with Crippen molar-refractivity contribution >= 4 is 0 Å². The van der Waals surface area contributed by atoms with Crippen molar-refractivity contribution in [2.45, 2.75) is 38.7 Å². The minimum Gasteiger partial charge on any atom is -0.460 e. The van der Waals surface area contributed by atoms with Crippen LogP contribution in [0.15, 0.2) is 6.07 Å². The van der Waals surface area contributed by atoms with Gasteiger partial charge in [-0.05, 0) is 44.6 Å². The maximum atomic E-state index is 5.68. The second-order valence-electron chi connectivity index (χ2n) is 3.85. The van der Waals surface area contributed by atoms with E-state index in [1.54, 1.807) is 6.07 Å². The molecule has 0 atom stereocenters. The largest absolute Gasteiger partial charge is 0.460 e. The van der Waals surface area contributed by atoms with Gasteiger partial charge in [-0.1, -0.05) is 0 Å². The molecular formula is C12H14N2O. The molecule has 0 bridgehead atoms. The van der Waals surface area contributed by atoms with E-state index in [2.05, 4.69) is 15.9 Å². The maximum Gasteiger partial charge on any atom is 0.318 e. The first-order valence-corrected chi connectivity index (χ1v) is 5.27. The van der Waals surface area contributed by atoms with Crippen molar-refractivity contribution in [3.8, 4) is 18.4 Å². The number of ether oxygens (including phenoxy) is 1. The molecule has 0 aromatic carbocycles. The van der Waals surface area contributed by atoms with Crippen LogP contribution in [0.1, 0.15) is 37.1 Å². The second-order valence-corrected chi connectivity index (χ2v) is 3.85. The van der Waals surface area contributed by atoms with Crippen LogP contribution in [0.25, 0.3) is 0 Å². The zero-order valence-corrected chi connectivity index (χ0v) is 8.86. The van der Waals surface area contributed by atoms with E-state index in [0.29, 0.717) is 11.7 Å². The third-order valence-electron chi connectivity index (χ3n) is 2.56. The van der Waals surface area contributed by atoms with Gasteiger partial charge < -0.3 is 4.74 Å². The molecule has 2 rings (SSSR count). The Hall–Kier alpha value is -1.56. The van der Waals surface area contributed by atoms with Crippen LogP contribution in [0.4, 0.5) is 0 Å². The first kappa shape index (κ1) is 9.97. The average molecular weight is 202 g/mol. The number of terminal acetylenes is 1. The van der Waals surface area contributed by atoms with Crippen LogP contribution in [-0.2, 0) is 0 Å². The molecule has 78 valence electrons. The molecular weight excluding hydrogens is 188 g/mol. The molecule has 0 unspecified atom stereocenters. The van der Waals surface area contributed by atoms with Gasteiger partial charge in [-0.2, -0.15) is 4.98 Å². The molecule has 0 aliphatic heterocycles. The van der Waals surface area contributed by atoms with Gasteiger partial charge in [-0.3, -0.25) is 0 Å². The zero-order chi connectivity index (χ0) is 10.7. The minimum absolute atomic E-state index is 0.275. The van der Waals surface area contributed by atoms with Crippen molar-refractivity contribution in [2.75, 3.05) is 0 Å². The van der Waals surface area contributed by atoms with Gasteiger partial charge in [-0.25, -0.2) is 4.98 Å². The summed E-state index contributed by atoms with van der Waals surface area (Å²) in [6.07, 6.45) is 10.2. The van der Waals surface area contributed by atoms with E-state index in [1.807, 2.05) is 6.92 Å². The quantitative estimate of drug-likeness (QED) is 0.689. The van der Waals surface area contributed by atoms with Crippen LogP contribution in [-0.4, -0.2) is 16.1 Å². The predicted molar refractivity (Wildman–Crippen MR) is 57.6 cm³/mol. The highest BCUT2D eigenvalue weighted by molar-refractivity contribution is 5.27. The van der Waals surface area contributed by atoms with Crippen LogP contribution in [0.2, 0.25) is 0 Å². The summed E-state index contributed by atoms with van der Waals surface area (Å²) in [5.74, 6) is 2.50. The molecule has 1 fully saturated rings. The topological polar surface area (TPSA) is 35.0 Å². The fraction of sp³-hybridized carbons (Fsp3) is 0.500. The van der Waals surface area contributed by atoms with Crippen molar-refractivity contribution in [3.63, 3.8) is 0 Å². The lowest BCUT2D eigenvalue weighted by Gasteiger charge is -2.11. The zero-order valence-electron chi connectivity index (χ0n) is 8.86. The van der Waals surface area contributed by atoms with E-state index in [9.17, 15) is 0 Å². The number of aromatic nitrogens is 2. The molecule has 1 aromatic heterocycles. The SMILES string of the molecule is C#Cc1cc(C)nc(OC2CCCC2)n1. The molecule has 0 radical (unpaired) electrons. The van der Waals surface area contributed by atoms with E-state index < -0.39 is 0 Å². The van der Waals surface area contributed by atoms with Crippen molar-refractivity contribution in [1.29, 1.82) is 0 Å². The normalized spacial score (nSPS) is 16.3. The van der Waals surface area contributed by atoms with Crippen LogP contribution in [0, 0.1) is 19.3 Å². The molecule has 0 amide bonds. The number of nitrogens with zero attached hydrogens (tertiary/aromatic N) is 2. The molecule has 3 nitrogen and oxygen atoms in total. The third kappa shape index (κ3) is 2.47. The number of hydrogen-bond donors (Lipinski definition) is 0. The Bertz CT molecular complexity index is 389. The highest BCUT2D eigenvalue weighted by Crippen LogP contribution is 2.22. The standard InChI is InChI=1S/C12H14N2O/c1-3-10-8-9(2)13-12(14-10)15-11-6-4-5-7-11/h1,8,11H,4-7H2,2H3. The van der Waals surface area contributed by atoms with Crippen molar-refractivity contribution in [1.82, 2.24) is 9.97 Å². The summed E-state index contributed by atoms with van der Waals surface area (Å²) in [6, 6.07) is 2.21. The van der Waals surface area contributed by atoms with Gasteiger partial charge in [0.2, 0.25) is 0 Å². The lowest BCUT2D eigenvalue weighted by atomic mass is 10.3. The van der Waals surface area contributed by atoms with Gasteiger partial charge in [0.15, 0.2) is 0 Å². The monoisotopic (exact) mass is 202 g/mol. The molecule has 1 aromatic rings. The van der Waals surface area contributed by atoms with Gasteiger partial charge in [-0.15, -0.1) is 6.42 Å². The lowest BCUT2D eigenvalue weighted by Crippen LogP contribution is -2.13. The molecule has 0 saturated heterocycles. The van der Waals surface area contributed by atoms with Crippen molar-refractivity contribution < 1.29 is 4.74 Å². The fourth-order valence-electron chi connectivity index (χ4n) is 1.82. The molecule has 1 aliphatic carbocycles. The second kappa shape index (κ2) is 4.31. The van der Waals surface area contributed by atoms with Gasteiger partial charge in [0.05, 0.1) is 0 Å². The summed E-state index contributed by atoms with van der Waals surface area (Å²) >= 11 is 0. The maximum absolute atomic E-state index is 5.68. The molecule has 1 heterocycles. The number of hydrogen-bond acceptors (Lipinski definition) is 3. The van der Waals surface area contributed by atoms with E-state index >= 15 is 0 Å². The van der Waals surface area contributed by atoms with E-state index in [1.165, 1.54) is 12.8 Å². The Kier molecular flexibility index (Phi) is 2.86. The summed E-state index contributed by atoms with van der Waals surface area (Å²) in [5, 5.41) is 0. The van der Waals surface area contributed by atoms with Gasteiger partial charge in [0.1, 0.15) is 11.8 Å². The Morgan fingerprint density at radius 2 is 2.13 bits per heavy atom. The number of rotatable bonds is 2. The summed E-state index contributed by atoms with van der Waals surface area (Å²) < 4.78 is 5.68. The summed E-state index contributed by atoms with van der Waals surface area (Å²) in [7, 11) is 0. The Balaban J connectivity index is 2.13. The molecule has 15 heavy (non-hydrogen) atoms. The van der Waals surface area contributed by atoms with Crippen molar-refractivity contribution in [3.05, 3.63) is 17.5 Å². The highest BCUT2D eigenvalue weighted by Gasteiger charge is 2.17. The first-order chi connectivity index (χ1) is 7.28. The van der Waals surface area contributed by atoms with Crippen LogP contribution in [0.3, 0.4) is 0 Å². The Morgan fingerprint density at radius 3 is 2.80 bits per heavy atom. The molecule has 1 aliphatic rings. The van der Waals surface area contributed by atoms with E-state index in [-0.39, 0.29) is 6.10 Å². The predicted octanol–water partition coefficient (Wildman–Crippen LogP) is 2.09. The lowest BCUT2D eigenvalue weighted by molar-refractivity contribution is 0.191. The highest BCUT2D eigenvalue weighted by atomic mass is 16.5. The summed E-state index contributed by atoms with van der Waals surface area (Å²) in [5.41, 5.74) is 1.45. The number of aryl methyl sites for hydroxylation is 1. The average Bonchev–Trinajstić information content (AvgIpc) is 2.69. The minimum atomic E-state index is 0.275. The fourth-order valence-corrected chi connectivity index (χ4v) is 1.82. The van der Waals surface area contributed by atoms with Gasteiger partial charge >= 0.3 is 6.01 Å². The van der Waals surface area contributed by atoms with E-state index in [4.69, 9.17) is 11.2 Å². The van der Waals surface area contributed by atoms with Crippen molar-refractivity contribution in [2.24, 2.45) is 0 Å². The van der Waals surface area contributed by atoms with Crippen LogP contribution >= 0.6 is 0 Å². The third-order valence-corrected chi connectivity index (χ3v) is 2.56. The van der Waals surface area contributed by atoms with Gasteiger partial charge in [0, 0.05) is 5.69 Å². The Labute approximate surface area is 89.9 Å². The van der Waals surface area contributed by atoms with Crippen LogP contribution < -0.4 is 4.74 Å². The summed E-state index contributed by atoms with van der Waals surface area (Å²) in [4.78, 5) is 8.36. The molecule has 0 spiro atoms. The summed E-state index contributed by atoms with van der Waals surface area (Å²) in [6.45, 7) is 1.89. The molecule has 0 N–H and O–H groups in total. The molecule has 1 saturated carbocycles. The molecule has 3 heteroatoms. The van der Waals surface area contributed by atoms with Crippen LogP contribution in [0.5, 0.6) is 6.01 Å². The smallest absolute Gasteiger partial charge is 0.318 e. The van der Waals surface area contributed by atoms with Gasteiger partial charge in [0.25, 0.3) is 0 Å².